The summed E-state index contributed by atoms with van der Waals surface area (Å²) in [7, 11) is 0. The lowest BCUT2D eigenvalue weighted by Crippen LogP contribution is -2.52. The molecule has 2 unspecified atom stereocenters. The van der Waals surface area contributed by atoms with Crippen molar-refractivity contribution in [3.8, 4) is 0 Å². The molecule has 0 aromatic heterocycles. The van der Waals surface area contributed by atoms with Crippen molar-refractivity contribution in [3.05, 3.63) is 35.6 Å². The molecule has 0 aliphatic carbocycles. The third kappa shape index (κ3) is 3.35. The van der Waals surface area contributed by atoms with Crippen LogP contribution in [-0.2, 0) is 4.79 Å². The van der Waals surface area contributed by atoms with Crippen molar-refractivity contribution in [1.82, 2.24) is 9.80 Å². The summed E-state index contributed by atoms with van der Waals surface area (Å²) >= 11 is 0. The summed E-state index contributed by atoms with van der Waals surface area (Å²) in [5, 5.41) is 9.02. The fourth-order valence-electron chi connectivity index (χ4n) is 2.65. The Kier molecular flexibility index (Phi) is 4.73. The summed E-state index contributed by atoms with van der Waals surface area (Å²) in [6.07, 6.45) is 0. The number of benzene rings is 1. The largest absolute Gasteiger partial charge is 0.480 e. The minimum absolute atomic E-state index is 0.146. The number of nitrogens with zero attached hydrogens (tertiary/aromatic N) is 2. The minimum Gasteiger partial charge on any atom is -0.480 e. The Bertz CT molecular complexity index is 473. The Hall–Kier alpha value is -1.46. The highest BCUT2D eigenvalue weighted by atomic mass is 19.1. The van der Waals surface area contributed by atoms with Crippen molar-refractivity contribution in [3.63, 3.8) is 0 Å². The van der Waals surface area contributed by atoms with Crippen molar-refractivity contribution < 1.29 is 14.3 Å². The second-order valence-corrected chi connectivity index (χ2v) is 5.32. The molecule has 4 nitrogen and oxygen atoms in total. The summed E-state index contributed by atoms with van der Waals surface area (Å²) in [4.78, 5) is 15.2. The van der Waals surface area contributed by atoms with Crippen LogP contribution in [0, 0.1) is 5.82 Å². The molecule has 1 aliphatic heterocycles. The van der Waals surface area contributed by atoms with E-state index in [0.29, 0.717) is 0 Å². The maximum Gasteiger partial charge on any atom is 0.320 e. The van der Waals surface area contributed by atoms with E-state index in [4.69, 9.17) is 5.11 Å². The Morgan fingerprint density at radius 3 is 2.35 bits per heavy atom. The molecule has 2 rings (SSSR count). The number of rotatable bonds is 4. The second kappa shape index (κ2) is 6.33. The summed E-state index contributed by atoms with van der Waals surface area (Å²) < 4.78 is 13.3. The van der Waals surface area contributed by atoms with Crippen molar-refractivity contribution >= 4 is 5.97 Å². The maximum absolute atomic E-state index is 13.3. The van der Waals surface area contributed by atoms with Gasteiger partial charge in [-0.05, 0) is 31.5 Å². The molecule has 1 saturated heterocycles. The number of aliphatic carboxylic acids is 1. The first-order chi connectivity index (χ1) is 9.49. The number of carboxylic acids is 1. The zero-order valence-electron chi connectivity index (χ0n) is 11.9. The highest BCUT2D eigenvalue weighted by molar-refractivity contribution is 5.72. The van der Waals surface area contributed by atoms with Gasteiger partial charge in [-0.3, -0.25) is 14.6 Å². The fourth-order valence-corrected chi connectivity index (χ4v) is 2.65. The first kappa shape index (κ1) is 14.9. The van der Waals surface area contributed by atoms with E-state index in [9.17, 15) is 9.18 Å². The fraction of sp³-hybridized carbons (Fsp3) is 0.533. The average molecular weight is 280 g/mol. The number of carboxylic acid groups (broad SMARTS) is 1. The van der Waals surface area contributed by atoms with Crippen molar-refractivity contribution in [2.45, 2.75) is 25.9 Å². The van der Waals surface area contributed by atoms with Crippen LogP contribution in [0.25, 0.3) is 0 Å². The second-order valence-electron chi connectivity index (χ2n) is 5.32. The van der Waals surface area contributed by atoms with Crippen molar-refractivity contribution in [1.29, 1.82) is 0 Å². The summed E-state index contributed by atoms with van der Waals surface area (Å²) in [6, 6.07) is 6.37. The smallest absolute Gasteiger partial charge is 0.320 e. The normalized spacial score (nSPS) is 20.6. The van der Waals surface area contributed by atoms with Gasteiger partial charge in [0.05, 0.1) is 0 Å². The molecule has 1 aromatic carbocycles. The lowest BCUT2D eigenvalue weighted by molar-refractivity contribution is -0.143. The van der Waals surface area contributed by atoms with Crippen LogP contribution >= 0.6 is 0 Å². The molecule has 1 aromatic rings. The average Bonchev–Trinajstić information content (AvgIpc) is 2.46. The van der Waals surface area contributed by atoms with Crippen LogP contribution in [0.15, 0.2) is 24.3 Å². The Morgan fingerprint density at radius 2 is 1.80 bits per heavy atom. The molecule has 1 aliphatic rings. The molecule has 0 amide bonds. The van der Waals surface area contributed by atoms with Gasteiger partial charge >= 0.3 is 5.97 Å². The molecule has 0 bridgehead atoms. The third-order valence-corrected chi connectivity index (χ3v) is 4.13. The van der Waals surface area contributed by atoms with Crippen LogP contribution in [0.1, 0.15) is 25.5 Å². The highest BCUT2D eigenvalue weighted by Crippen LogP contribution is 2.22. The van der Waals surface area contributed by atoms with E-state index in [1.54, 1.807) is 19.1 Å². The zero-order valence-corrected chi connectivity index (χ0v) is 11.9. The highest BCUT2D eigenvalue weighted by Gasteiger charge is 2.27. The van der Waals surface area contributed by atoms with Crippen LogP contribution in [0.5, 0.6) is 0 Å². The molecule has 0 spiro atoms. The van der Waals surface area contributed by atoms with Gasteiger partial charge in [0.25, 0.3) is 0 Å². The zero-order chi connectivity index (χ0) is 14.7. The van der Waals surface area contributed by atoms with Gasteiger partial charge < -0.3 is 5.11 Å². The third-order valence-electron chi connectivity index (χ3n) is 4.13. The predicted molar refractivity (Wildman–Crippen MR) is 75.1 cm³/mol. The Balaban J connectivity index is 1.95. The Morgan fingerprint density at radius 1 is 1.20 bits per heavy atom. The van der Waals surface area contributed by atoms with Gasteiger partial charge in [0.15, 0.2) is 0 Å². The number of piperazine rings is 1. The lowest BCUT2D eigenvalue weighted by Gasteiger charge is -2.39. The molecule has 0 radical (unpaired) electrons. The molecule has 1 heterocycles. The van der Waals surface area contributed by atoms with Crippen molar-refractivity contribution in [2.75, 3.05) is 26.2 Å². The minimum atomic E-state index is -0.781. The van der Waals surface area contributed by atoms with Gasteiger partial charge in [0.2, 0.25) is 0 Å². The van der Waals surface area contributed by atoms with E-state index in [1.807, 2.05) is 11.0 Å². The van der Waals surface area contributed by atoms with Gasteiger partial charge in [-0.25, -0.2) is 4.39 Å². The molecular weight excluding hydrogens is 259 g/mol. The van der Waals surface area contributed by atoms with Crippen molar-refractivity contribution in [2.24, 2.45) is 0 Å². The lowest BCUT2D eigenvalue weighted by atomic mass is 10.1. The van der Waals surface area contributed by atoms with Gasteiger partial charge in [-0.15, -0.1) is 0 Å². The van der Waals surface area contributed by atoms with E-state index in [0.717, 1.165) is 31.7 Å². The van der Waals surface area contributed by atoms with Crippen LogP contribution in [0.3, 0.4) is 0 Å². The molecule has 110 valence electrons. The van der Waals surface area contributed by atoms with Gasteiger partial charge in [0.1, 0.15) is 11.9 Å². The van der Waals surface area contributed by atoms with Crippen LogP contribution in [0.4, 0.5) is 4.39 Å². The molecule has 1 N–H and O–H groups in total. The molecular formula is C15H21FN2O2. The first-order valence-electron chi connectivity index (χ1n) is 6.95. The topological polar surface area (TPSA) is 43.8 Å². The van der Waals surface area contributed by atoms with Gasteiger partial charge in [-0.1, -0.05) is 12.1 Å². The number of hydrogen-bond acceptors (Lipinski definition) is 3. The monoisotopic (exact) mass is 280 g/mol. The van der Waals surface area contributed by atoms with Crippen LogP contribution in [-0.4, -0.2) is 53.1 Å². The summed E-state index contributed by atoms with van der Waals surface area (Å²) in [5.41, 5.74) is 0.963. The molecule has 0 saturated carbocycles. The van der Waals surface area contributed by atoms with E-state index in [2.05, 4.69) is 11.8 Å². The Labute approximate surface area is 118 Å². The first-order valence-corrected chi connectivity index (χ1v) is 6.95. The SMILES string of the molecule is CC(C(=O)O)N1CCN(C(C)c2cccc(F)c2)CC1. The quantitative estimate of drug-likeness (QED) is 0.916. The molecule has 1 fully saturated rings. The van der Waals surface area contributed by atoms with E-state index >= 15 is 0 Å². The van der Waals surface area contributed by atoms with Crippen LogP contribution < -0.4 is 0 Å². The summed E-state index contributed by atoms with van der Waals surface area (Å²) in [5.74, 6) is -0.996. The maximum atomic E-state index is 13.3. The number of halogens is 1. The van der Waals surface area contributed by atoms with Gasteiger partial charge in [0, 0.05) is 32.2 Å². The number of carbonyl (C=O) groups is 1. The molecule has 2 atom stereocenters. The van der Waals surface area contributed by atoms with E-state index in [1.165, 1.54) is 6.07 Å². The standard InChI is InChI=1S/C15H21FN2O2/c1-11(13-4-3-5-14(16)10-13)17-6-8-18(9-7-17)12(2)15(19)20/h3-5,10-12H,6-9H2,1-2H3,(H,19,20). The van der Waals surface area contributed by atoms with Gasteiger partial charge in [-0.2, -0.15) is 0 Å². The van der Waals surface area contributed by atoms with Crippen LogP contribution in [0.2, 0.25) is 0 Å². The number of hydrogen-bond donors (Lipinski definition) is 1. The molecule has 5 heteroatoms. The predicted octanol–water partition coefficient (Wildman–Crippen LogP) is 1.98. The van der Waals surface area contributed by atoms with E-state index < -0.39 is 12.0 Å². The van der Waals surface area contributed by atoms with E-state index in [-0.39, 0.29) is 11.9 Å². The summed E-state index contributed by atoms with van der Waals surface area (Å²) in [6.45, 7) is 6.84. The molecule has 20 heavy (non-hydrogen) atoms.